The first-order valence-corrected chi connectivity index (χ1v) is 11.5. The number of rotatable bonds is 8. The Morgan fingerprint density at radius 3 is 2.11 bits per heavy atom. The van der Waals surface area contributed by atoms with E-state index in [1.54, 1.807) is 36.5 Å². The number of amides is 1. The Morgan fingerprint density at radius 1 is 0.946 bits per heavy atom. The van der Waals surface area contributed by atoms with Crippen molar-refractivity contribution in [3.05, 3.63) is 54.4 Å². The van der Waals surface area contributed by atoms with Crippen molar-refractivity contribution in [2.24, 2.45) is 0 Å². The molecule has 0 radical (unpaired) electrons. The largest absolute Gasteiger partial charge is 0.471 e. The number of benzene rings is 2. The predicted molar refractivity (Wildman–Crippen MR) is 131 cm³/mol. The van der Waals surface area contributed by atoms with Gasteiger partial charge in [0.15, 0.2) is 0 Å². The first-order valence-electron chi connectivity index (χ1n) is 11.5. The third-order valence-electron chi connectivity index (χ3n) is 5.52. The number of carbonyl (C=O) groups excluding carboxylic acids is 1. The molecule has 4 rings (SSSR count). The Bertz CT molecular complexity index is 1200. The normalized spacial score (nSPS) is 14.4. The van der Waals surface area contributed by atoms with Crippen LogP contribution in [0.5, 0.6) is 11.5 Å². The summed E-state index contributed by atoms with van der Waals surface area (Å²) in [4.78, 5) is 28.7. The third kappa shape index (κ3) is 7.27. The van der Waals surface area contributed by atoms with Crippen molar-refractivity contribution in [1.29, 1.82) is 0 Å². The molecule has 1 aliphatic heterocycles. The van der Waals surface area contributed by atoms with Crippen LogP contribution in [0.2, 0.25) is 0 Å². The molecule has 10 nitrogen and oxygen atoms in total. The van der Waals surface area contributed by atoms with Crippen molar-refractivity contribution >= 4 is 29.2 Å². The van der Waals surface area contributed by atoms with Crippen LogP contribution >= 0.6 is 0 Å². The molecule has 37 heavy (non-hydrogen) atoms. The van der Waals surface area contributed by atoms with Crippen molar-refractivity contribution in [2.45, 2.75) is 13.1 Å². The van der Waals surface area contributed by atoms with E-state index in [0.29, 0.717) is 35.8 Å². The highest BCUT2D eigenvalue weighted by Crippen LogP contribution is 2.26. The Morgan fingerprint density at radius 2 is 1.54 bits per heavy atom. The first-order chi connectivity index (χ1) is 17.7. The molecule has 0 atom stereocenters. The number of halogens is 3. The minimum Gasteiger partial charge on any atom is -0.457 e. The van der Waals surface area contributed by atoms with Gasteiger partial charge in [0.25, 0.3) is 0 Å². The molecule has 196 valence electrons. The van der Waals surface area contributed by atoms with Crippen molar-refractivity contribution in [1.82, 2.24) is 19.9 Å². The van der Waals surface area contributed by atoms with Gasteiger partial charge < -0.3 is 25.4 Å². The average molecular weight is 518 g/mol. The van der Waals surface area contributed by atoms with Gasteiger partial charge in [-0.15, -0.1) is 0 Å². The third-order valence-corrected chi connectivity index (χ3v) is 5.52. The second-order valence-corrected chi connectivity index (χ2v) is 8.29. The van der Waals surface area contributed by atoms with E-state index in [1.807, 2.05) is 0 Å². The van der Waals surface area contributed by atoms with E-state index in [4.69, 9.17) is 9.84 Å². The van der Waals surface area contributed by atoms with Gasteiger partial charge in [0.05, 0.1) is 6.61 Å². The van der Waals surface area contributed by atoms with Crippen LogP contribution in [0.25, 0.3) is 0 Å². The average Bonchev–Trinajstić information content (AvgIpc) is 2.86. The number of hydrogen-bond acceptors (Lipinski definition) is 9. The lowest BCUT2D eigenvalue weighted by molar-refractivity contribution is -0.167. The SMILES string of the molecule is Cc1nc(Nc2ccc(Oc3ccc(NC(=O)C(F)(F)F)cc3)cc2)nc(N2CCN(CCO)CC2)n1. The Balaban J connectivity index is 1.35. The van der Waals surface area contributed by atoms with Crippen LogP contribution < -0.4 is 20.3 Å². The van der Waals surface area contributed by atoms with E-state index >= 15 is 0 Å². The molecule has 1 saturated heterocycles. The van der Waals surface area contributed by atoms with Crippen LogP contribution in [-0.2, 0) is 4.79 Å². The van der Waals surface area contributed by atoms with E-state index in [0.717, 1.165) is 31.9 Å². The lowest BCUT2D eigenvalue weighted by Gasteiger charge is -2.34. The van der Waals surface area contributed by atoms with Gasteiger partial charge in [-0.1, -0.05) is 0 Å². The summed E-state index contributed by atoms with van der Waals surface area (Å²) in [6, 6.07) is 12.5. The Hall–Kier alpha value is -3.97. The van der Waals surface area contributed by atoms with E-state index < -0.39 is 12.1 Å². The second-order valence-electron chi connectivity index (χ2n) is 8.29. The number of aryl methyl sites for hydroxylation is 1. The molecule has 1 aromatic heterocycles. The Labute approximate surface area is 211 Å². The molecule has 0 saturated carbocycles. The summed E-state index contributed by atoms with van der Waals surface area (Å²) >= 11 is 0. The summed E-state index contributed by atoms with van der Waals surface area (Å²) in [5, 5.41) is 14.1. The zero-order valence-electron chi connectivity index (χ0n) is 20.0. The zero-order chi connectivity index (χ0) is 26.4. The van der Waals surface area contributed by atoms with Crippen LogP contribution in [0.15, 0.2) is 48.5 Å². The number of β-amino-alcohol motifs (C(OH)–C–C–N with tert-alkyl or cyclic N) is 1. The second kappa shape index (κ2) is 11.4. The number of aromatic nitrogens is 3. The molecule has 2 aromatic carbocycles. The van der Waals surface area contributed by atoms with E-state index in [2.05, 4.69) is 30.1 Å². The van der Waals surface area contributed by atoms with Gasteiger partial charge in [-0.05, 0) is 55.5 Å². The number of nitrogens with zero attached hydrogens (tertiary/aromatic N) is 5. The quantitative estimate of drug-likeness (QED) is 0.414. The van der Waals surface area contributed by atoms with E-state index in [9.17, 15) is 18.0 Å². The molecule has 0 bridgehead atoms. The smallest absolute Gasteiger partial charge is 0.457 e. The molecule has 0 spiro atoms. The molecule has 3 N–H and O–H groups in total. The highest BCUT2D eigenvalue weighted by Gasteiger charge is 2.38. The summed E-state index contributed by atoms with van der Waals surface area (Å²) in [7, 11) is 0. The minimum atomic E-state index is -4.96. The minimum absolute atomic E-state index is 0.00766. The molecule has 2 heterocycles. The lowest BCUT2D eigenvalue weighted by Crippen LogP contribution is -2.47. The topological polar surface area (TPSA) is 116 Å². The number of nitrogens with one attached hydrogen (secondary N) is 2. The van der Waals surface area contributed by atoms with Gasteiger partial charge in [0.2, 0.25) is 11.9 Å². The van der Waals surface area contributed by atoms with E-state index in [-0.39, 0.29) is 12.3 Å². The number of hydrogen-bond donors (Lipinski definition) is 3. The summed E-state index contributed by atoms with van der Waals surface area (Å²) in [5.41, 5.74) is 0.732. The summed E-state index contributed by atoms with van der Waals surface area (Å²) in [6.07, 6.45) is -4.96. The fourth-order valence-electron chi connectivity index (χ4n) is 3.66. The maximum atomic E-state index is 12.4. The number of piperazine rings is 1. The van der Waals surface area contributed by atoms with Gasteiger partial charge in [0.1, 0.15) is 17.3 Å². The van der Waals surface area contributed by atoms with E-state index in [1.165, 1.54) is 24.3 Å². The van der Waals surface area contributed by atoms with Gasteiger partial charge in [0, 0.05) is 44.1 Å². The summed E-state index contributed by atoms with van der Waals surface area (Å²) in [6.45, 7) is 5.74. The first kappa shape index (κ1) is 26.1. The van der Waals surface area contributed by atoms with Crippen molar-refractivity contribution in [2.75, 3.05) is 54.9 Å². The zero-order valence-corrected chi connectivity index (χ0v) is 20.0. The van der Waals surface area contributed by atoms with Crippen LogP contribution in [0.4, 0.5) is 36.4 Å². The molecular weight excluding hydrogens is 491 g/mol. The monoisotopic (exact) mass is 517 g/mol. The molecule has 0 aliphatic carbocycles. The van der Waals surface area contributed by atoms with Crippen LogP contribution in [0.1, 0.15) is 5.82 Å². The van der Waals surface area contributed by atoms with Gasteiger partial charge in [-0.3, -0.25) is 9.69 Å². The van der Waals surface area contributed by atoms with Crippen molar-refractivity contribution < 1.29 is 27.8 Å². The maximum absolute atomic E-state index is 12.4. The van der Waals surface area contributed by atoms with Gasteiger partial charge in [-0.25, -0.2) is 0 Å². The highest BCUT2D eigenvalue weighted by molar-refractivity contribution is 5.94. The molecule has 0 unspecified atom stereocenters. The molecular formula is C24H26F3N7O3. The maximum Gasteiger partial charge on any atom is 0.471 e. The number of alkyl halides is 3. The predicted octanol–water partition coefficient (Wildman–Crippen LogP) is 3.33. The van der Waals surface area contributed by atoms with Crippen LogP contribution in [0.3, 0.4) is 0 Å². The fourth-order valence-corrected chi connectivity index (χ4v) is 3.66. The highest BCUT2D eigenvalue weighted by atomic mass is 19.4. The summed E-state index contributed by atoms with van der Waals surface area (Å²) in [5.74, 6) is 0.442. The Kier molecular flexibility index (Phi) is 8.04. The number of ether oxygens (including phenoxy) is 1. The summed E-state index contributed by atoms with van der Waals surface area (Å²) < 4.78 is 42.8. The number of aliphatic hydroxyl groups is 1. The molecule has 1 fully saturated rings. The molecule has 3 aromatic rings. The number of aliphatic hydroxyl groups excluding tert-OH is 1. The van der Waals surface area contributed by atoms with Crippen molar-refractivity contribution in [3.63, 3.8) is 0 Å². The van der Waals surface area contributed by atoms with Crippen molar-refractivity contribution in [3.8, 4) is 11.5 Å². The lowest BCUT2D eigenvalue weighted by atomic mass is 10.3. The van der Waals surface area contributed by atoms with Gasteiger partial charge >= 0.3 is 12.1 Å². The number of carbonyl (C=O) groups is 1. The van der Waals surface area contributed by atoms with Gasteiger partial charge in [-0.2, -0.15) is 28.1 Å². The fraction of sp³-hybridized carbons (Fsp3) is 0.333. The van der Waals surface area contributed by atoms with Crippen LogP contribution in [0, 0.1) is 6.92 Å². The molecule has 1 aliphatic rings. The molecule has 1 amide bonds. The van der Waals surface area contributed by atoms with Crippen LogP contribution in [-0.4, -0.2) is 76.4 Å². The number of anilines is 4. The molecule has 13 heteroatoms. The standard InChI is InChI=1S/C24H26F3N7O3/c1-16-28-22(32-23(29-16)34-12-10-33(11-13-34)14-15-35)31-18-4-8-20(9-5-18)37-19-6-2-17(3-7-19)30-21(36)24(25,26)27/h2-9,35H,10-15H2,1H3,(H,30,36)(H,28,29,31,32).